The second-order valence-corrected chi connectivity index (χ2v) is 6.86. The molecular formula is C20H26Cl2FN3O. The molecule has 1 aliphatic heterocycles. The molecule has 7 heteroatoms. The summed E-state index contributed by atoms with van der Waals surface area (Å²) >= 11 is 0. The molecule has 2 unspecified atom stereocenters. The molecule has 2 aromatic rings. The van der Waals surface area contributed by atoms with E-state index in [2.05, 4.69) is 10.2 Å². The van der Waals surface area contributed by atoms with Gasteiger partial charge in [0.2, 0.25) is 5.91 Å². The van der Waals surface area contributed by atoms with Crippen LogP contribution in [0.25, 0.3) is 0 Å². The van der Waals surface area contributed by atoms with Gasteiger partial charge in [-0.15, -0.1) is 24.8 Å². The first-order valence-electron chi connectivity index (χ1n) is 8.60. The monoisotopic (exact) mass is 413 g/mol. The lowest BCUT2D eigenvalue weighted by atomic mass is 9.92. The fourth-order valence-corrected chi connectivity index (χ4v) is 3.22. The maximum atomic E-state index is 13.0. The van der Waals surface area contributed by atoms with E-state index in [4.69, 9.17) is 5.73 Å². The summed E-state index contributed by atoms with van der Waals surface area (Å²) in [6.45, 7) is 4.08. The van der Waals surface area contributed by atoms with E-state index < -0.39 is 5.54 Å². The van der Waals surface area contributed by atoms with Crippen LogP contribution in [-0.2, 0) is 10.3 Å². The first-order valence-corrected chi connectivity index (χ1v) is 8.60. The Morgan fingerprint density at radius 1 is 1.19 bits per heavy atom. The molecule has 0 aliphatic carbocycles. The number of benzene rings is 2. The van der Waals surface area contributed by atoms with Gasteiger partial charge < -0.3 is 16.0 Å². The summed E-state index contributed by atoms with van der Waals surface area (Å²) < 4.78 is 13.0. The van der Waals surface area contributed by atoms with Gasteiger partial charge in [0, 0.05) is 25.3 Å². The SMILES string of the molecule is CC(N)(C(=O)NCC1CCN(c2ccc(F)cc2)C1)c1ccccc1.Cl.Cl. The zero-order chi connectivity index (χ0) is 17.9. The number of carbonyl (C=O) groups is 1. The first-order chi connectivity index (χ1) is 12.0. The molecule has 2 atom stereocenters. The van der Waals surface area contributed by atoms with E-state index in [1.807, 2.05) is 30.3 Å². The fourth-order valence-electron chi connectivity index (χ4n) is 3.22. The Labute approximate surface area is 172 Å². The summed E-state index contributed by atoms with van der Waals surface area (Å²) in [4.78, 5) is 14.7. The van der Waals surface area contributed by atoms with Gasteiger partial charge in [-0.2, -0.15) is 0 Å². The molecule has 148 valence electrons. The van der Waals surface area contributed by atoms with Crippen molar-refractivity contribution in [2.24, 2.45) is 11.7 Å². The zero-order valence-electron chi connectivity index (χ0n) is 15.2. The van der Waals surface area contributed by atoms with Crippen LogP contribution < -0.4 is 16.0 Å². The summed E-state index contributed by atoms with van der Waals surface area (Å²) in [7, 11) is 0. The van der Waals surface area contributed by atoms with Gasteiger partial charge in [0.05, 0.1) is 0 Å². The van der Waals surface area contributed by atoms with Gasteiger partial charge in [-0.25, -0.2) is 4.39 Å². The van der Waals surface area contributed by atoms with Crippen molar-refractivity contribution in [2.75, 3.05) is 24.5 Å². The molecule has 2 aromatic carbocycles. The zero-order valence-corrected chi connectivity index (χ0v) is 16.9. The summed E-state index contributed by atoms with van der Waals surface area (Å²) in [5.41, 5.74) is 7.01. The number of amides is 1. The number of halogens is 3. The van der Waals surface area contributed by atoms with E-state index in [0.29, 0.717) is 12.5 Å². The Hall–Kier alpha value is -1.82. The molecule has 3 rings (SSSR count). The second kappa shape index (κ2) is 9.93. The molecule has 27 heavy (non-hydrogen) atoms. The van der Waals surface area contributed by atoms with Gasteiger partial charge in [0.15, 0.2) is 0 Å². The van der Waals surface area contributed by atoms with Crippen LogP contribution in [0.5, 0.6) is 0 Å². The third-order valence-electron chi connectivity index (χ3n) is 4.87. The van der Waals surface area contributed by atoms with Crippen molar-refractivity contribution in [2.45, 2.75) is 18.9 Å². The van der Waals surface area contributed by atoms with Crippen molar-refractivity contribution in [3.05, 3.63) is 66.0 Å². The van der Waals surface area contributed by atoms with Gasteiger partial charge in [0.25, 0.3) is 0 Å². The molecule has 0 aromatic heterocycles. The Balaban J connectivity index is 0.00000182. The van der Waals surface area contributed by atoms with E-state index in [1.165, 1.54) is 12.1 Å². The highest BCUT2D eigenvalue weighted by Crippen LogP contribution is 2.24. The molecule has 3 N–H and O–H groups in total. The number of carbonyl (C=O) groups excluding carboxylic acids is 1. The van der Waals surface area contributed by atoms with Gasteiger partial charge in [-0.1, -0.05) is 30.3 Å². The molecule has 1 fully saturated rings. The maximum absolute atomic E-state index is 13.0. The Morgan fingerprint density at radius 2 is 1.81 bits per heavy atom. The molecule has 0 bridgehead atoms. The molecule has 1 aliphatic rings. The quantitative estimate of drug-likeness (QED) is 0.788. The predicted octanol–water partition coefficient (Wildman–Crippen LogP) is 3.49. The number of nitrogens with two attached hydrogens (primary N) is 1. The highest BCUT2D eigenvalue weighted by molar-refractivity contribution is 5.87. The molecule has 0 radical (unpaired) electrons. The number of hydrogen-bond donors (Lipinski definition) is 2. The van der Waals surface area contributed by atoms with E-state index in [-0.39, 0.29) is 36.5 Å². The number of nitrogens with zero attached hydrogens (tertiary/aromatic N) is 1. The average Bonchev–Trinajstić information content (AvgIpc) is 3.10. The Bertz CT molecular complexity index is 726. The topological polar surface area (TPSA) is 58.4 Å². The van der Waals surface area contributed by atoms with E-state index >= 15 is 0 Å². The molecule has 1 heterocycles. The number of nitrogens with one attached hydrogen (secondary N) is 1. The molecule has 0 spiro atoms. The van der Waals surface area contributed by atoms with Crippen LogP contribution in [-0.4, -0.2) is 25.5 Å². The average molecular weight is 414 g/mol. The van der Waals surface area contributed by atoms with Crippen molar-refractivity contribution in [3.8, 4) is 0 Å². The summed E-state index contributed by atoms with van der Waals surface area (Å²) in [5.74, 6) is -0.0330. The third-order valence-corrected chi connectivity index (χ3v) is 4.87. The van der Waals surface area contributed by atoms with E-state index in [9.17, 15) is 9.18 Å². The highest BCUT2D eigenvalue weighted by Gasteiger charge is 2.31. The smallest absolute Gasteiger partial charge is 0.244 e. The van der Waals surface area contributed by atoms with Crippen LogP contribution in [0.1, 0.15) is 18.9 Å². The largest absolute Gasteiger partial charge is 0.371 e. The van der Waals surface area contributed by atoms with Crippen molar-refractivity contribution in [3.63, 3.8) is 0 Å². The van der Waals surface area contributed by atoms with Crippen LogP contribution in [0.15, 0.2) is 54.6 Å². The van der Waals surface area contributed by atoms with Crippen LogP contribution in [0.4, 0.5) is 10.1 Å². The number of hydrogen-bond acceptors (Lipinski definition) is 3. The van der Waals surface area contributed by atoms with Crippen molar-refractivity contribution >= 4 is 36.4 Å². The van der Waals surface area contributed by atoms with E-state index in [1.54, 1.807) is 19.1 Å². The van der Waals surface area contributed by atoms with Crippen LogP contribution in [0, 0.1) is 11.7 Å². The summed E-state index contributed by atoms with van der Waals surface area (Å²) in [6.07, 6.45) is 0.990. The predicted molar refractivity (Wildman–Crippen MR) is 112 cm³/mol. The second-order valence-electron chi connectivity index (χ2n) is 6.86. The van der Waals surface area contributed by atoms with Gasteiger partial charge in [-0.05, 0) is 49.1 Å². The van der Waals surface area contributed by atoms with Gasteiger partial charge in [-0.3, -0.25) is 4.79 Å². The minimum absolute atomic E-state index is 0. The summed E-state index contributed by atoms with van der Waals surface area (Å²) in [5, 5.41) is 2.99. The highest BCUT2D eigenvalue weighted by atomic mass is 35.5. The molecular weight excluding hydrogens is 388 g/mol. The van der Waals surface area contributed by atoms with Crippen LogP contribution in [0.3, 0.4) is 0 Å². The summed E-state index contributed by atoms with van der Waals surface area (Å²) in [6, 6.07) is 15.9. The minimum Gasteiger partial charge on any atom is -0.371 e. The van der Waals surface area contributed by atoms with Crippen LogP contribution in [0.2, 0.25) is 0 Å². The lowest BCUT2D eigenvalue weighted by molar-refractivity contribution is -0.126. The lowest BCUT2D eigenvalue weighted by Gasteiger charge is -2.25. The molecule has 1 amide bonds. The van der Waals surface area contributed by atoms with Crippen LogP contribution >= 0.6 is 24.8 Å². The number of anilines is 1. The molecule has 1 saturated heterocycles. The fraction of sp³-hybridized carbons (Fsp3) is 0.350. The van der Waals surface area contributed by atoms with Crippen molar-refractivity contribution in [1.29, 1.82) is 0 Å². The molecule has 4 nitrogen and oxygen atoms in total. The van der Waals surface area contributed by atoms with Crippen molar-refractivity contribution in [1.82, 2.24) is 5.32 Å². The number of rotatable bonds is 5. The normalized spacial score (nSPS) is 18.0. The third kappa shape index (κ3) is 5.58. The van der Waals surface area contributed by atoms with Crippen molar-refractivity contribution < 1.29 is 9.18 Å². The lowest BCUT2D eigenvalue weighted by Crippen LogP contribution is -2.50. The van der Waals surface area contributed by atoms with E-state index in [0.717, 1.165) is 30.8 Å². The maximum Gasteiger partial charge on any atom is 0.244 e. The van der Waals surface area contributed by atoms with Gasteiger partial charge in [0.1, 0.15) is 11.4 Å². The first kappa shape index (κ1) is 23.2. The standard InChI is InChI=1S/C20H24FN3O.2ClH/c1-20(22,16-5-3-2-4-6-16)19(25)23-13-15-11-12-24(14-15)18-9-7-17(21)8-10-18;;/h2-10,15H,11-14,22H2,1H3,(H,23,25);2*1H. The Kier molecular flexibility index (Phi) is 8.54. The van der Waals surface area contributed by atoms with Gasteiger partial charge >= 0.3 is 0 Å². The minimum atomic E-state index is -1.05. The molecule has 0 saturated carbocycles. The Morgan fingerprint density at radius 3 is 2.44 bits per heavy atom.